The first kappa shape index (κ1) is 16.6. The molecule has 9 heteroatoms. The second kappa shape index (κ2) is 6.48. The highest BCUT2D eigenvalue weighted by molar-refractivity contribution is 6.42. The van der Waals surface area contributed by atoms with Crippen LogP contribution in [0.15, 0.2) is 12.1 Å². The molecule has 25 heavy (non-hydrogen) atoms. The van der Waals surface area contributed by atoms with Crippen molar-refractivity contribution in [2.45, 2.75) is 18.9 Å². The molecule has 3 heterocycles. The van der Waals surface area contributed by atoms with Crippen LogP contribution in [0.4, 0.5) is 0 Å². The van der Waals surface area contributed by atoms with Crippen molar-refractivity contribution in [1.29, 1.82) is 0 Å². The summed E-state index contributed by atoms with van der Waals surface area (Å²) in [6.07, 6.45) is 0.539. The van der Waals surface area contributed by atoms with Gasteiger partial charge in [0.05, 0.1) is 23.3 Å². The topological polar surface area (TPSA) is 80.5 Å². The fraction of sp³-hybridized carbons (Fsp3) is 0.438. The number of halogens is 2. The van der Waals surface area contributed by atoms with E-state index >= 15 is 0 Å². The summed E-state index contributed by atoms with van der Waals surface area (Å²) in [7, 11) is 0. The van der Waals surface area contributed by atoms with Gasteiger partial charge in [-0.1, -0.05) is 23.2 Å². The Bertz CT molecular complexity index is 833. The largest absolute Gasteiger partial charge is 0.508 e. The van der Waals surface area contributed by atoms with Gasteiger partial charge in [-0.2, -0.15) is 0 Å². The van der Waals surface area contributed by atoms with Gasteiger partial charge in [0.1, 0.15) is 11.6 Å². The number of hydrogen-bond acceptors (Lipinski definition) is 5. The predicted octanol–water partition coefficient (Wildman–Crippen LogP) is 2.10. The molecule has 1 N–H and O–H groups in total. The molecule has 1 amide bonds. The summed E-state index contributed by atoms with van der Waals surface area (Å²) in [4.78, 5) is 14.4. The van der Waals surface area contributed by atoms with Crippen LogP contribution in [0.25, 0.3) is 0 Å². The van der Waals surface area contributed by atoms with E-state index in [2.05, 4.69) is 10.2 Å². The van der Waals surface area contributed by atoms with Crippen molar-refractivity contribution in [3.05, 3.63) is 39.4 Å². The third-order valence-corrected chi connectivity index (χ3v) is 5.49. The van der Waals surface area contributed by atoms with Crippen LogP contribution in [0, 0.1) is 0 Å². The molecule has 1 aromatic carbocycles. The molecule has 0 aliphatic carbocycles. The Hall–Kier alpha value is -1.83. The Labute approximate surface area is 154 Å². The number of aromatic nitrogens is 3. The van der Waals surface area contributed by atoms with E-state index in [1.165, 1.54) is 6.07 Å². The number of benzene rings is 1. The van der Waals surface area contributed by atoms with Gasteiger partial charge in [-0.05, 0) is 12.1 Å². The van der Waals surface area contributed by atoms with E-state index < -0.39 is 0 Å². The molecule has 2 aliphatic heterocycles. The maximum Gasteiger partial charge on any atom is 0.291 e. The number of carbonyl (C=O) groups excluding carboxylic acids is 1. The number of rotatable bonds is 2. The third kappa shape index (κ3) is 2.86. The summed E-state index contributed by atoms with van der Waals surface area (Å²) in [5.74, 6) is 0.866. The molecule has 2 aromatic rings. The van der Waals surface area contributed by atoms with Gasteiger partial charge in [-0.25, -0.2) is 0 Å². The van der Waals surface area contributed by atoms with Crippen molar-refractivity contribution in [3.63, 3.8) is 0 Å². The SMILES string of the molecule is O=C(c1nnc2n1CC(c1c(O)ccc(Cl)c1Cl)C2)N1CCOCC1. The number of amides is 1. The minimum Gasteiger partial charge on any atom is -0.508 e. The normalized spacial score (nSPS) is 19.9. The molecular formula is C16H16Cl2N4O3. The Balaban J connectivity index is 1.61. The lowest BCUT2D eigenvalue weighted by atomic mass is 9.96. The van der Waals surface area contributed by atoms with E-state index in [-0.39, 0.29) is 17.6 Å². The minimum absolute atomic E-state index is 0.0965. The Kier molecular flexibility index (Phi) is 4.31. The van der Waals surface area contributed by atoms with E-state index in [1.54, 1.807) is 15.5 Å². The number of ether oxygens (including phenoxy) is 1. The fourth-order valence-corrected chi connectivity index (χ4v) is 3.87. The number of morpholine rings is 1. The van der Waals surface area contributed by atoms with Crippen LogP contribution in [0.2, 0.25) is 10.0 Å². The van der Waals surface area contributed by atoms with Gasteiger partial charge in [-0.3, -0.25) is 4.79 Å². The zero-order valence-corrected chi connectivity index (χ0v) is 14.8. The lowest BCUT2D eigenvalue weighted by Gasteiger charge is -2.26. The van der Waals surface area contributed by atoms with Crippen LogP contribution in [0.5, 0.6) is 5.75 Å². The highest BCUT2D eigenvalue weighted by atomic mass is 35.5. The monoisotopic (exact) mass is 382 g/mol. The molecule has 7 nitrogen and oxygen atoms in total. The molecule has 4 rings (SSSR count). The quantitative estimate of drug-likeness (QED) is 0.859. The van der Waals surface area contributed by atoms with Crippen molar-refractivity contribution >= 4 is 29.1 Å². The van der Waals surface area contributed by atoms with Gasteiger partial charge in [0.25, 0.3) is 5.91 Å². The van der Waals surface area contributed by atoms with Crippen molar-refractivity contribution in [2.24, 2.45) is 0 Å². The van der Waals surface area contributed by atoms with E-state index in [9.17, 15) is 9.90 Å². The molecule has 1 atom stereocenters. The summed E-state index contributed by atoms with van der Waals surface area (Å²) >= 11 is 12.4. The fourth-order valence-electron chi connectivity index (χ4n) is 3.39. The number of carbonyl (C=O) groups is 1. The Morgan fingerprint density at radius 2 is 2.00 bits per heavy atom. The summed E-state index contributed by atoms with van der Waals surface area (Å²) in [5.41, 5.74) is 0.587. The van der Waals surface area contributed by atoms with Gasteiger partial charge in [0, 0.05) is 37.5 Å². The van der Waals surface area contributed by atoms with E-state index in [0.717, 1.165) is 0 Å². The number of phenols is 1. The number of hydrogen-bond donors (Lipinski definition) is 1. The van der Waals surface area contributed by atoms with Crippen LogP contribution in [0.1, 0.15) is 27.9 Å². The number of aromatic hydroxyl groups is 1. The molecule has 1 aromatic heterocycles. The van der Waals surface area contributed by atoms with Crippen LogP contribution >= 0.6 is 23.2 Å². The van der Waals surface area contributed by atoms with Crippen LogP contribution in [-0.2, 0) is 17.7 Å². The van der Waals surface area contributed by atoms with E-state index in [1.807, 2.05) is 0 Å². The minimum atomic E-state index is -0.149. The average Bonchev–Trinajstić information content (AvgIpc) is 3.19. The first-order valence-electron chi connectivity index (χ1n) is 8.02. The van der Waals surface area contributed by atoms with Gasteiger partial charge in [0.2, 0.25) is 5.82 Å². The van der Waals surface area contributed by atoms with Gasteiger partial charge >= 0.3 is 0 Å². The molecule has 0 radical (unpaired) electrons. The highest BCUT2D eigenvalue weighted by Crippen LogP contribution is 2.41. The summed E-state index contributed by atoms with van der Waals surface area (Å²) < 4.78 is 7.09. The van der Waals surface area contributed by atoms with Crippen molar-refractivity contribution < 1.29 is 14.6 Å². The van der Waals surface area contributed by atoms with Crippen molar-refractivity contribution in [1.82, 2.24) is 19.7 Å². The summed E-state index contributed by atoms with van der Waals surface area (Å²) in [5, 5.41) is 19.1. The molecule has 1 saturated heterocycles. The maximum absolute atomic E-state index is 12.7. The average molecular weight is 383 g/mol. The van der Waals surface area contributed by atoms with Crippen LogP contribution < -0.4 is 0 Å². The van der Waals surface area contributed by atoms with Gasteiger partial charge < -0.3 is 19.3 Å². The number of phenolic OH excluding ortho intramolecular Hbond substituents is 1. The first-order valence-corrected chi connectivity index (χ1v) is 8.78. The van der Waals surface area contributed by atoms with Crippen LogP contribution in [0.3, 0.4) is 0 Å². The lowest BCUT2D eigenvalue weighted by Crippen LogP contribution is -2.41. The second-order valence-corrected chi connectivity index (χ2v) is 6.94. The standard InChI is InChI=1S/C16H16Cl2N4O3/c17-10-1-2-11(23)13(14(10)18)9-7-12-19-20-15(22(12)8-9)16(24)21-3-5-25-6-4-21/h1-2,9,23H,3-8H2. The van der Waals surface area contributed by atoms with Crippen molar-refractivity contribution in [3.8, 4) is 5.75 Å². The van der Waals surface area contributed by atoms with Gasteiger partial charge in [0.15, 0.2) is 0 Å². The number of fused-ring (bicyclic) bond motifs is 1. The second-order valence-electron chi connectivity index (χ2n) is 6.15. The molecule has 1 unspecified atom stereocenters. The molecule has 1 fully saturated rings. The zero-order valence-electron chi connectivity index (χ0n) is 13.3. The maximum atomic E-state index is 12.7. The molecular weight excluding hydrogens is 367 g/mol. The molecule has 2 aliphatic rings. The smallest absolute Gasteiger partial charge is 0.291 e. The Morgan fingerprint density at radius 1 is 1.24 bits per heavy atom. The summed E-state index contributed by atoms with van der Waals surface area (Å²) in [6.45, 7) is 2.63. The molecule has 132 valence electrons. The van der Waals surface area contributed by atoms with Crippen molar-refractivity contribution in [2.75, 3.05) is 26.3 Å². The predicted molar refractivity (Wildman–Crippen MR) is 91.3 cm³/mol. The first-order chi connectivity index (χ1) is 12.1. The molecule has 0 saturated carbocycles. The third-order valence-electron chi connectivity index (χ3n) is 4.67. The zero-order chi connectivity index (χ0) is 17.6. The lowest BCUT2D eigenvalue weighted by molar-refractivity contribution is 0.0291. The molecule has 0 bridgehead atoms. The van der Waals surface area contributed by atoms with E-state index in [4.69, 9.17) is 27.9 Å². The summed E-state index contributed by atoms with van der Waals surface area (Å²) in [6, 6.07) is 3.09. The highest BCUT2D eigenvalue weighted by Gasteiger charge is 2.34. The van der Waals surface area contributed by atoms with E-state index in [0.29, 0.717) is 66.5 Å². The Morgan fingerprint density at radius 3 is 2.76 bits per heavy atom. The molecule has 0 spiro atoms. The van der Waals surface area contributed by atoms with Crippen LogP contribution in [-0.4, -0.2) is 57.0 Å². The van der Waals surface area contributed by atoms with Gasteiger partial charge in [-0.15, -0.1) is 10.2 Å². The number of nitrogens with zero attached hydrogens (tertiary/aromatic N) is 4.